The number of hydrogen-bond acceptors (Lipinski definition) is 5. The van der Waals surface area contributed by atoms with E-state index in [0.29, 0.717) is 24.3 Å². The molecule has 0 atom stereocenters. The standard InChI is InChI=1S/C14H14N4OS3/c19-12(15-9-10-3-1-7-21-10)5-6-18-13(16-17-14(18)20)11-4-2-8-22-11/h1-4,7-8H,5-6,9H2,(H,15,19)(H,17,20). The van der Waals surface area contributed by atoms with Gasteiger partial charge in [-0.05, 0) is 35.1 Å². The maximum atomic E-state index is 12.0. The Bertz CT molecular complexity index is 787. The van der Waals surface area contributed by atoms with Gasteiger partial charge in [0.15, 0.2) is 10.6 Å². The average molecular weight is 350 g/mol. The first-order valence-corrected chi connectivity index (χ1v) is 8.89. The molecule has 0 aliphatic carbocycles. The number of H-pyrrole nitrogens is 1. The third-order valence-electron chi connectivity index (χ3n) is 3.10. The van der Waals surface area contributed by atoms with Crippen LogP contribution in [0.2, 0.25) is 0 Å². The number of aromatic nitrogens is 3. The van der Waals surface area contributed by atoms with Crippen LogP contribution in [0.5, 0.6) is 0 Å². The molecule has 3 heterocycles. The van der Waals surface area contributed by atoms with E-state index in [4.69, 9.17) is 12.2 Å². The van der Waals surface area contributed by atoms with Crippen LogP contribution in [0.15, 0.2) is 35.0 Å². The fourth-order valence-electron chi connectivity index (χ4n) is 2.02. The van der Waals surface area contributed by atoms with E-state index < -0.39 is 0 Å². The molecule has 0 fully saturated rings. The molecule has 22 heavy (non-hydrogen) atoms. The van der Waals surface area contributed by atoms with Crippen molar-refractivity contribution in [1.29, 1.82) is 0 Å². The summed E-state index contributed by atoms with van der Waals surface area (Å²) in [7, 11) is 0. The summed E-state index contributed by atoms with van der Waals surface area (Å²) in [6.45, 7) is 1.09. The molecule has 0 saturated carbocycles. The van der Waals surface area contributed by atoms with E-state index in [1.54, 1.807) is 22.7 Å². The minimum absolute atomic E-state index is 0.00799. The lowest BCUT2D eigenvalue weighted by Gasteiger charge is -2.06. The normalized spacial score (nSPS) is 10.7. The van der Waals surface area contributed by atoms with Gasteiger partial charge in [0.05, 0.1) is 11.4 Å². The molecule has 3 rings (SSSR count). The van der Waals surface area contributed by atoms with Crippen LogP contribution in [0, 0.1) is 4.77 Å². The van der Waals surface area contributed by atoms with Crippen molar-refractivity contribution in [1.82, 2.24) is 20.1 Å². The summed E-state index contributed by atoms with van der Waals surface area (Å²) in [5.74, 6) is 0.791. The van der Waals surface area contributed by atoms with Gasteiger partial charge in [-0.15, -0.1) is 22.7 Å². The molecule has 2 N–H and O–H groups in total. The van der Waals surface area contributed by atoms with Gasteiger partial charge in [0.2, 0.25) is 5.91 Å². The minimum Gasteiger partial charge on any atom is -0.351 e. The van der Waals surface area contributed by atoms with Crippen molar-refractivity contribution < 1.29 is 4.79 Å². The van der Waals surface area contributed by atoms with E-state index in [-0.39, 0.29) is 5.91 Å². The number of nitrogens with one attached hydrogen (secondary N) is 2. The van der Waals surface area contributed by atoms with Gasteiger partial charge in [-0.2, -0.15) is 5.10 Å². The maximum absolute atomic E-state index is 12.0. The maximum Gasteiger partial charge on any atom is 0.222 e. The predicted molar refractivity (Wildman–Crippen MR) is 91.5 cm³/mol. The van der Waals surface area contributed by atoms with Crippen LogP contribution in [-0.2, 0) is 17.9 Å². The fourth-order valence-corrected chi connectivity index (χ4v) is 3.61. The number of rotatable bonds is 6. The second-order valence-electron chi connectivity index (χ2n) is 4.59. The number of amides is 1. The highest BCUT2D eigenvalue weighted by Crippen LogP contribution is 2.22. The predicted octanol–water partition coefficient (Wildman–Crippen LogP) is 3.44. The van der Waals surface area contributed by atoms with Crippen molar-refractivity contribution in [2.75, 3.05) is 0 Å². The van der Waals surface area contributed by atoms with Crippen LogP contribution in [0.1, 0.15) is 11.3 Å². The molecular formula is C14H14N4OS3. The molecule has 0 saturated heterocycles. The zero-order valence-corrected chi connectivity index (χ0v) is 14.1. The summed E-state index contributed by atoms with van der Waals surface area (Å²) >= 11 is 8.48. The topological polar surface area (TPSA) is 62.7 Å². The molecule has 8 heteroatoms. The zero-order chi connectivity index (χ0) is 15.4. The van der Waals surface area contributed by atoms with Gasteiger partial charge in [0.25, 0.3) is 0 Å². The van der Waals surface area contributed by atoms with Gasteiger partial charge in [-0.3, -0.25) is 14.5 Å². The molecule has 5 nitrogen and oxygen atoms in total. The van der Waals surface area contributed by atoms with Crippen molar-refractivity contribution >= 4 is 40.8 Å². The number of carbonyl (C=O) groups is 1. The zero-order valence-electron chi connectivity index (χ0n) is 11.6. The largest absolute Gasteiger partial charge is 0.351 e. The van der Waals surface area contributed by atoms with Gasteiger partial charge in [-0.25, -0.2) is 0 Å². The molecule has 3 aromatic rings. The number of nitrogens with zero attached hydrogens (tertiary/aromatic N) is 2. The van der Waals surface area contributed by atoms with Gasteiger partial charge in [-0.1, -0.05) is 12.1 Å². The van der Waals surface area contributed by atoms with Gasteiger partial charge >= 0.3 is 0 Å². The number of aromatic amines is 1. The molecular weight excluding hydrogens is 336 g/mol. The van der Waals surface area contributed by atoms with Crippen molar-refractivity contribution in [2.45, 2.75) is 19.5 Å². The molecule has 0 aliphatic heterocycles. The smallest absolute Gasteiger partial charge is 0.222 e. The van der Waals surface area contributed by atoms with Crippen LogP contribution in [0.3, 0.4) is 0 Å². The molecule has 0 spiro atoms. The van der Waals surface area contributed by atoms with E-state index in [1.807, 2.05) is 39.6 Å². The van der Waals surface area contributed by atoms with E-state index in [1.165, 1.54) is 0 Å². The lowest BCUT2D eigenvalue weighted by molar-refractivity contribution is -0.121. The van der Waals surface area contributed by atoms with Crippen LogP contribution in [0.25, 0.3) is 10.7 Å². The number of hydrogen-bond donors (Lipinski definition) is 2. The van der Waals surface area contributed by atoms with Crippen LogP contribution in [0.4, 0.5) is 0 Å². The Balaban J connectivity index is 1.61. The molecule has 3 aromatic heterocycles. The molecule has 0 unspecified atom stereocenters. The molecule has 1 amide bonds. The Morgan fingerprint density at radius 3 is 2.86 bits per heavy atom. The van der Waals surface area contributed by atoms with E-state index in [0.717, 1.165) is 15.6 Å². The minimum atomic E-state index is 0.00799. The first-order chi connectivity index (χ1) is 10.7. The first-order valence-electron chi connectivity index (χ1n) is 6.72. The summed E-state index contributed by atoms with van der Waals surface area (Å²) in [6.07, 6.45) is 0.373. The van der Waals surface area contributed by atoms with Crippen LogP contribution in [-0.4, -0.2) is 20.7 Å². The SMILES string of the molecule is O=C(CCn1c(-c2cccs2)n[nH]c1=S)NCc1cccs1. The van der Waals surface area contributed by atoms with Crippen LogP contribution >= 0.6 is 34.9 Å². The van der Waals surface area contributed by atoms with Gasteiger partial charge < -0.3 is 5.32 Å². The quantitative estimate of drug-likeness (QED) is 0.670. The third kappa shape index (κ3) is 3.52. The molecule has 0 aromatic carbocycles. The lowest BCUT2D eigenvalue weighted by atomic mass is 10.3. The van der Waals surface area contributed by atoms with Crippen molar-refractivity contribution in [3.05, 3.63) is 44.7 Å². The fraction of sp³-hybridized carbons (Fsp3) is 0.214. The Kier molecular flexibility index (Phi) is 4.81. The van der Waals surface area contributed by atoms with E-state index in [9.17, 15) is 4.79 Å². The Morgan fingerprint density at radius 2 is 2.14 bits per heavy atom. The average Bonchev–Trinajstić information content (AvgIpc) is 3.25. The summed E-state index contributed by atoms with van der Waals surface area (Å²) in [5.41, 5.74) is 0. The third-order valence-corrected chi connectivity index (χ3v) is 5.16. The van der Waals surface area contributed by atoms with Crippen molar-refractivity contribution in [3.8, 4) is 10.7 Å². The Labute approximate surface area is 140 Å². The highest BCUT2D eigenvalue weighted by Gasteiger charge is 2.11. The number of carbonyl (C=O) groups excluding carboxylic acids is 1. The molecule has 114 valence electrons. The Hall–Kier alpha value is -1.77. The summed E-state index contributed by atoms with van der Waals surface area (Å²) in [6, 6.07) is 7.94. The van der Waals surface area contributed by atoms with Crippen molar-refractivity contribution in [3.63, 3.8) is 0 Å². The summed E-state index contributed by atoms with van der Waals surface area (Å²) < 4.78 is 2.40. The first kappa shape index (κ1) is 15.1. The molecule has 0 aliphatic rings. The lowest BCUT2D eigenvalue weighted by Crippen LogP contribution is -2.23. The molecule has 0 radical (unpaired) electrons. The van der Waals surface area contributed by atoms with Gasteiger partial charge in [0, 0.05) is 17.8 Å². The highest BCUT2D eigenvalue weighted by atomic mass is 32.1. The second kappa shape index (κ2) is 6.99. The molecule has 0 bridgehead atoms. The monoisotopic (exact) mass is 350 g/mol. The highest BCUT2D eigenvalue weighted by molar-refractivity contribution is 7.71. The van der Waals surface area contributed by atoms with Crippen LogP contribution < -0.4 is 5.32 Å². The number of thiophene rings is 2. The Morgan fingerprint density at radius 1 is 1.32 bits per heavy atom. The summed E-state index contributed by atoms with van der Waals surface area (Å²) in [4.78, 5) is 14.1. The second-order valence-corrected chi connectivity index (χ2v) is 6.95. The van der Waals surface area contributed by atoms with Crippen molar-refractivity contribution in [2.24, 2.45) is 0 Å². The van der Waals surface area contributed by atoms with E-state index >= 15 is 0 Å². The van der Waals surface area contributed by atoms with Gasteiger partial charge in [0.1, 0.15) is 0 Å². The van der Waals surface area contributed by atoms with E-state index in [2.05, 4.69) is 15.5 Å². The summed E-state index contributed by atoms with van der Waals surface area (Å²) in [5, 5.41) is 14.0.